The molecule has 0 aromatic heterocycles. The van der Waals surface area contributed by atoms with Crippen molar-refractivity contribution in [1.29, 1.82) is 0 Å². The number of amides is 2. The first-order chi connectivity index (χ1) is 16.8. The summed E-state index contributed by atoms with van der Waals surface area (Å²) in [4.78, 5) is 36.4. The van der Waals surface area contributed by atoms with Gasteiger partial charge in [-0.25, -0.2) is 4.79 Å². The molecule has 3 rings (SSSR count). The first kappa shape index (κ1) is 25.3. The van der Waals surface area contributed by atoms with E-state index in [1.54, 1.807) is 31.2 Å². The summed E-state index contributed by atoms with van der Waals surface area (Å²) in [5, 5.41) is 5.56. The van der Waals surface area contributed by atoms with Crippen LogP contribution in [0, 0.1) is 20.8 Å². The molecule has 0 saturated carbocycles. The molecule has 0 heterocycles. The van der Waals surface area contributed by atoms with Crippen LogP contribution in [0.2, 0.25) is 0 Å². The van der Waals surface area contributed by atoms with Gasteiger partial charge in [-0.1, -0.05) is 18.2 Å². The first-order valence-corrected chi connectivity index (χ1v) is 11.1. The van der Waals surface area contributed by atoms with E-state index < -0.39 is 6.16 Å². The van der Waals surface area contributed by atoms with Crippen molar-refractivity contribution in [3.05, 3.63) is 82.9 Å². The summed E-state index contributed by atoms with van der Waals surface area (Å²) in [7, 11) is 0. The maximum Gasteiger partial charge on any atom is 0.513 e. The topological polar surface area (TPSA) is 103 Å². The van der Waals surface area contributed by atoms with Gasteiger partial charge in [0.1, 0.15) is 11.5 Å². The van der Waals surface area contributed by atoms with E-state index in [9.17, 15) is 14.4 Å². The summed E-state index contributed by atoms with van der Waals surface area (Å²) in [6, 6.07) is 16.8. The standard InChI is InChI=1S/C27H28N2O6/c1-5-33-27(32)35-23-13-11-20(12-14-23)26(31)29-22-8-6-7-21(15-22)28-24(30)16-34-25-18(3)10-9-17(2)19(25)4/h6-15H,5,16H2,1-4H3,(H,28,30)(H,29,31). The highest BCUT2D eigenvalue weighted by Crippen LogP contribution is 2.25. The Morgan fingerprint density at radius 3 is 2.17 bits per heavy atom. The normalized spacial score (nSPS) is 10.3. The van der Waals surface area contributed by atoms with E-state index in [0.717, 1.165) is 16.7 Å². The van der Waals surface area contributed by atoms with Crippen LogP contribution in [-0.2, 0) is 9.53 Å². The van der Waals surface area contributed by atoms with E-state index >= 15 is 0 Å². The van der Waals surface area contributed by atoms with Gasteiger partial charge in [-0.15, -0.1) is 0 Å². The maximum atomic E-state index is 12.6. The van der Waals surface area contributed by atoms with Crippen molar-refractivity contribution in [3.63, 3.8) is 0 Å². The zero-order chi connectivity index (χ0) is 25.4. The first-order valence-electron chi connectivity index (χ1n) is 11.1. The van der Waals surface area contributed by atoms with Crippen LogP contribution in [0.25, 0.3) is 0 Å². The second-order valence-electron chi connectivity index (χ2n) is 7.83. The van der Waals surface area contributed by atoms with Crippen molar-refractivity contribution < 1.29 is 28.6 Å². The molecule has 0 unspecified atom stereocenters. The molecule has 8 nitrogen and oxygen atoms in total. The molecule has 0 bridgehead atoms. The molecule has 0 atom stereocenters. The van der Waals surface area contributed by atoms with Crippen LogP contribution in [0.1, 0.15) is 34.0 Å². The third-order valence-electron chi connectivity index (χ3n) is 5.21. The Bertz CT molecular complexity index is 1220. The van der Waals surface area contributed by atoms with Crippen LogP contribution >= 0.6 is 0 Å². The van der Waals surface area contributed by atoms with Crippen molar-refractivity contribution in [2.24, 2.45) is 0 Å². The Balaban J connectivity index is 1.57. The molecule has 0 fully saturated rings. The van der Waals surface area contributed by atoms with Crippen molar-refractivity contribution in [2.75, 3.05) is 23.8 Å². The molecular formula is C27H28N2O6. The van der Waals surface area contributed by atoms with Crippen LogP contribution in [-0.4, -0.2) is 31.2 Å². The van der Waals surface area contributed by atoms with Crippen molar-refractivity contribution in [2.45, 2.75) is 27.7 Å². The average molecular weight is 477 g/mol. The summed E-state index contributed by atoms with van der Waals surface area (Å²) in [5.74, 6) is 0.304. The van der Waals surface area contributed by atoms with Crippen LogP contribution in [0.4, 0.5) is 16.2 Å². The largest absolute Gasteiger partial charge is 0.513 e. The Labute approximate surface area is 204 Å². The van der Waals surface area contributed by atoms with Gasteiger partial charge >= 0.3 is 6.16 Å². The zero-order valence-electron chi connectivity index (χ0n) is 20.1. The summed E-state index contributed by atoms with van der Waals surface area (Å²) in [6.07, 6.45) is -0.807. The highest BCUT2D eigenvalue weighted by atomic mass is 16.7. The van der Waals surface area contributed by atoms with E-state index in [2.05, 4.69) is 10.6 Å². The number of anilines is 2. The Morgan fingerprint density at radius 1 is 0.829 bits per heavy atom. The van der Waals surface area contributed by atoms with Gasteiger partial charge < -0.3 is 24.8 Å². The van der Waals surface area contributed by atoms with Gasteiger partial charge in [0, 0.05) is 16.9 Å². The number of carbonyl (C=O) groups is 3. The Kier molecular flexibility index (Phi) is 8.45. The van der Waals surface area contributed by atoms with Gasteiger partial charge in [0.15, 0.2) is 6.61 Å². The quantitative estimate of drug-likeness (QED) is 0.333. The van der Waals surface area contributed by atoms with Gasteiger partial charge in [0.25, 0.3) is 11.8 Å². The minimum absolute atomic E-state index is 0.137. The fourth-order valence-corrected chi connectivity index (χ4v) is 3.28. The number of carbonyl (C=O) groups excluding carboxylic acids is 3. The van der Waals surface area contributed by atoms with Gasteiger partial charge in [-0.2, -0.15) is 0 Å². The molecule has 0 aliphatic heterocycles. The lowest BCUT2D eigenvalue weighted by Crippen LogP contribution is -2.21. The number of rotatable bonds is 8. The van der Waals surface area contributed by atoms with Gasteiger partial charge in [-0.05, 0) is 86.8 Å². The number of ether oxygens (including phenoxy) is 3. The van der Waals surface area contributed by atoms with E-state index in [1.807, 2.05) is 32.9 Å². The molecule has 2 amide bonds. The minimum Gasteiger partial charge on any atom is -0.483 e. The van der Waals surface area contributed by atoms with Gasteiger partial charge in [0.2, 0.25) is 0 Å². The lowest BCUT2D eigenvalue weighted by molar-refractivity contribution is -0.118. The molecule has 3 aromatic carbocycles. The average Bonchev–Trinajstić information content (AvgIpc) is 2.82. The van der Waals surface area contributed by atoms with Crippen molar-refractivity contribution in [3.8, 4) is 11.5 Å². The third kappa shape index (κ3) is 7.07. The van der Waals surface area contributed by atoms with E-state index in [1.165, 1.54) is 24.3 Å². The fraction of sp³-hybridized carbons (Fsp3) is 0.222. The lowest BCUT2D eigenvalue weighted by Gasteiger charge is -2.14. The van der Waals surface area contributed by atoms with E-state index in [-0.39, 0.29) is 30.8 Å². The molecule has 0 spiro atoms. The minimum atomic E-state index is -0.807. The molecule has 0 aliphatic carbocycles. The molecule has 0 radical (unpaired) electrons. The summed E-state index contributed by atoms with van der Waals surface area (Å²) < 4.78 is 15.5. The molecule has 35 heavy (non-hydrogen) atoms. The fourth-order valence-electron chi connectivity index (χ4n) is 3.28. The van der Waals surface area contributed by atoms with Crippen LogP contribution in [0.15, 0.2) is 60.7 Å². The monoisotopic (exact) mass is 476 g/mol. The molecule has 2 N–H and O–H groups in total. The van der Waals surface area contributed by atoms with Crippen LogP contribution in [0.3, 0.4) is 0 Å². The molecular weight excluding hydrogens is 448 g/mol. The Morgan fingerprint density at radius 2 is 1.49 bits per heavy atom. The van der Waals surface area contributed by atoms with E-state index in [4.69, 9.17) is 14.2 Å². The van der Waals surface area contributed by atoms with Crippen molar-refractivity contribution >= 4 is 29.3 Å². The number of nitrogens with one attached hydrogen (secondary N) is 2. The molecule has 182 valence electrons. The smallest absolute Gasteiger partial charge is 0.483 e. The Hall–Kier alpha value is -4.33. The van der Waals surface area contributed by atoms with Crippen LogP contribution < -0.4 is 20.1 Å². The van der Waals surface area contributed by atoms with Crippen molar-refractivity contribution in [1.82, 2.24) is 0 Å². The lowest BCUT2D eigenvalue weighted by atomic mass is 10.1. The zero-order valence-corrected chi connectivity index (χ0v) is 20.1. The third-order valence-corrected chi connectivity index (χ3v) is 5.21. The highest BCUT2D eigenvalue weighted by Gasteiger charge is 2.12. The molecule has 8 heteroatoms. The van der Waals surface area contributed by atoms with Gasteiger partial charge in [0.05, 0.1) is 6.61 Å². The predicted molar refractivity (Wildman–Crippen MR) is 133 cm³/mol. The number of hydrogen-bond donors (Lipinski definition) is 2. The maximum absolute atomic E-state index is 12.6. The number of benzene rings is 3. The van der Waals surface area contributed by atoms with E-state index in [0.29, 0.717) is 22.7 Å². The van der Waals surface area contributed by atoms with Gasteiger partial charge in [-0.3, -0.25) is 9.59 Å². The molecule has 0 aliphatic rings. The summed E-state index contributed by atoms with van der Waals surface area (Å²) in [5.41, 5.74) is 4.45. The second-order valence-corrected chi connectivity index (χ2v) is 7.83. The number of aryl methyl sites for hydroxylation is 2. The summed E-state index contributed by atoms with van der Waals surface area (Å²) >= 11 is 0. The second kappa shape index (κ2) is 11.7. The molecule has 0 saturated heterocycles. The highest BCUT2D eigenvalue weighted by molar-refractivity contribution is 6.04. The number of hydrogen-bond acceptors (Lipinski definition) is 6. The SMILES string of the molecule is CCOC(=O)Oc1ccc(C(=O)Nc2cccc(NC(=O)COc3c(C)ccc(C)c3C)c2)cc1. The predicted octanol–water partition coefficient (Wildman–Crippen LogP) is 5.42. The summed E-state index contributed by atoms with van der Waals surface area (Å²) in [6.45, 7) is 7.64. The van der Waals surface area contributed by atoms with Crippen LogP contribution in [0.5, 0.6) is 11.5 Å². The molecule has 3 aromatic rings.